The highest BCUT2D eigenvalue weighted by atomic mass is 16.5. The van der Waals surface area contributed by atoms with Crippen LogP contribution in [0.5, 0.6) is 11.5 Å². The van der Waals surface area contributed by atoms with Gasteiger partial charge in [0.2, 0.25) is 0 Å². The molecule has 2 aromatic carbocycles. The van der Waals surface area contributed by atoms with Crippen molar-refractivity contribution in [1.82, 2.24) is 9.80 Å². The lowest BCUT2D eigenvalue weighted by Gasteiger charge is -2.26. The molecule has 1 heterocycles. The van der Waals surface area contributed by atoms with Gasteiger partial charge in [-0.2, -0.15) is 0 Å². The maximum atomic E-state index is 13.4. The van der Waals surface area contributed by atoms with Gasteiger partial charge in [0.25, 0.3) is 11.8 Å². The van der Waals surface area contributed by atoms with Gasteiger partial charge < -0.3 is 24.0 Å². The molecule has 1 saturated heterocycles. The van der Waals surface area contributed by atoms with Crippen molar-refractivity contribution in [3.05, 3.63) is 59.7 Å². The van der Waals surface area contributed by atoms with Gasteiger partial charge in [0.15, 0.2) is 18.1 Å². The van der Waals surface area contributed by atoms with E-state index < -0.39 is 0 Å². The van der Waals surface area contributed by atoms with E-state index in [0.29, 0.717) is 30.2 Å². The van der Waals surface area contributed by atoms with Crippen LogP contribution in [0.3, 0.4) is 0 Å². The van der Waals surface area contributed by atoms with Crippen molar-refractivity contribution in [2.75, 3.05) is 40.0 Å². The Morgan fingerprint density at radius 1 is 0.943 bits per heavy atom. The fraction of sp³-hybridized carbons (Fsp3) is 0.444. The molecular formula is C27H34N2O6. The number of hydrogen-bond donors (Lipinski definition) is 0. The Balaban J connectivity index is 1.74. The molecule has 2 amide bonds. The number of piperidine rings is 1. The number of carbonyl (C=O) groups excluding carboxylic acids is 3. The first-order valence-corrected chi connectivity index (χ1v) is 12.1. The van der Waals surface area contributed by atoms with Crippen molar-refractivity contribution in [3.63, 3.8) is 0 Å². The van der Waals surface area contributed by atoms with Crippen molar-refractivity contribution in [2.24, 2.45) is 0 Å². The Bertz CT molecular complexity index is 988. The number of likely N-dealkylation sites (tertiary alicyclic amines) is 1. The summed E-state index contributed by atoms with van der Waals surface area (Å²) in [5, 5.41) is 0. The molecule has 1 fully saturated rings. The number of benzene rings is 2. The number of hydrogen-bond acceptors (Lipinski definition) is 6. The number of rotatable bonds is 11. The van der Waals surface area contributed by atoms with Crippen LogP contribution in [0, 0.1) is 0 Å². The van der Waals surface area contributed by atoms with Crippen LogP contribution in [0.4, 0.5) is 0 Å². The first-order chi connectivity index (χ1) is 17.0. The number of carbonyl (C=O) groups is 3. The molecule has 0 unspecified atom stereocenters. The fourth-order valence-corrected chi connectivity index (χ4v) is 3.97. The van der Waals surface area contributed by atoms with Crippen molar-refractivity contribution < 1.29 is 28.6 Å². The van der Waals surface area contributed by atoms with E-state index in [-0.39, 0.29) is 37.4 Å². The third-order valence-electron chi connectivity index (χ3n) is 5.87. The monoisotopic (exact) mass is 482 g/mol. The predicted molar refractivity (Wildman–Crippen MR) is 131 cm³/mol. The zero-order valence-electron chi connectivity index (χ0n) is 20.5. The van der Waals surface area contributed by atoms with Gasteiger partial charge in [-0.1, -0.05) is 30.3 Å². The molecule has 2 aromatic rings. The highest BCUT2D eigenvalue weighted by molar-refractivity contribution is 5.95. The smallest absolute Gasteiger partial charge is 0.307 e. The lowest BCUT2D eigenvalue weighted by atomic mass is 10.1. The quantitative estimate of drug-likeness (QED) is 0.454. The molecule has 0 aliphatic carbocycles. The van der Waals surface area contributed by atoms with Gasteiger partial charge in [0.1, 0.15) is 0 Å². The molecule has 0 bridgehead atoms. The van der Waals surface area contributed by atoms with Crippen molar-refractivity contribution in [2.45, 2.75) is 39.2 Å². The van der Waals surface area contributed by atoms with Crippen LogP contribution < -0.4 is 9.47 Å². The molecular weight excluding hydrogens is 448 g/mol. The van der Waals surface area contributed by atoms with Crippen LogP contribution >= 0.6 is 0 Å². The second kappa shape index (κ2) is 13.4. The molecule has 0 spiro atoms. The molecule has 35 heavy (non-hydrogen) atoms. The predicted octanol–water partition coefficient (Wildman–Crippen LogP) is 3.68. The average Bonchev–Trinajstić information content (AvgIpc) is 2.90. The van der Waals surface area contributed by atoms with E-state index in [1.807, 2.05) is 42.2 Å². The highest BCUT2D eigenvalue weighted by Gasteiger charge is 2.21. The fourth-order valence-electron chi connectivity index (χ4n) is 3.97. The maximum absolute atomic E-state index is 13.4. The molecule has 0 atom stereocenters. The van der Waals surface area contributed by atoms with Gasteiger partial charge in [-0.3, -0.25) is 14.4 Å². The Kier molecular flexibility index (Phi) is 9.95. The third kappa shape index (κ3) is 7.73. The molecule has 8 heteroatoms. The van der Waals surface area contributed by atoms with Gasteiger partial charge in [0.05, 0.1) is 20.1 Å². The van der Waals surface area contributed by atoms with E-state index in [4.69, 9.17) is 14.2 Å². The highest BCUT2D eigenvalue weighted by Crippen LogP contribution is 2.29. The standard InChI is InChI=1S/C27H34N2O6/c1-3-34-24-18-22(12-13-23(24)35-20-25(30)28-15-8-5-9-16-28)27(32)29(17-14-26(31)33-2)19-21-10-6-4-7-11-21/h4,6-7,10-13,18H,3,5,8-9,14-17,19-20H2,1-2H3. The SMILES string of the molecule is CCOc1cc(C(=O)N(CCC(=O)OC)Cc2ccccc2)ccc1OCC(=O)N1CCCCC1. The van der Waals surface area contributed by atoms with Crippen molar-refractivity contribution in [3.8, 4) is 11.5 Å². The zero-order chi connectivity index (χ0) is 25.0. The summed E-state index contributed by atoms with van der Waals surface area (Å²) in [7, 11) is 1.33. The first-order valence-electron chi connectivity index (χ1n) is 12.1. The van der Waals surface area contributed by atoms with Gasteiger partial charge in [-0.05, 0) is 49.9 Å². The normalized spacial score (nSPS) is 13.1. The van der Waals surface area contributed by atoms with Crippen LogP contribution in [0.15, 0.2) is 48.5 Å². The second-order valence-corrected chi connectivity index (χ2v) is 8.36. The van der Waals surface area contributed by atoms with Gasteiger partial charge in [-0.25, -0.2) is 0 Å². The summed E-state index contributed by atoms with van der Waals surface area (Å²) in [5.74, 6) is 0.141. The molecule has 0 N–H and O–H groups in total. The van der Waals surface area contributed by atoms with Gasteiger partial charge >= 0.3 is 5.97 Å². The molecule has 0 radical (unpaired) electrons. The van der Waals surface area contributed by atoms with Crippen LogP contribution in [-0.4, -0.2) is 67.5 Å². The molecule has 1 aliphatic heterocycles. The minimum atomic E-state index is -0.381. The van der Waals surface area contributed by atoms with Gasteiger partial charge in [-0.15, -0.1) is 0 Å². The number of nitrogens with zero attached hydrogens (tertiary/aromatic N) is 2. The molecule has 3 rings (SSSR count). The first kappa shape index (κ1) is 26.1. The van der Waals surface area contributed by atoms with E-state index in [1.54, 1.807) is 23.1 Å². The molecule has 1 aliphatic rings. The van der Waals surface area contributed by atoms with Crippen molar-refractivity contribution >= 4 is 17.8 Å². The van der Waals surface area contributed by atoms with E-state index in [0.717, 1.165) is 37.9 Å². The summed E-state index contributed by atoms with van der Waals surface area (Å²) in [4.78, 5) is 41.1. The van der Waals surface area contributed by atoms with E-state index >= 15 is 0 Å². The second-order valence-electron chi connectivity index (χ2n) is 8.36. The van der Waals surface area contributed by atoms with Crippen LogP contribution in [0.1, 0.15) is 48.5 Å². The number of ether oxygens (including phenoxy) is 3. The molecule has 0 saturated carbocycles. The van der Waals surface area contributed by atoms with E-state index in [9.17, 15) is 14.4 Å². The van der Waals surface area contributed by atoms with Crippen molar-refractivity contribution in [1.29, 1.82) is 0 Å². The summed E-state index contributed by atoms with van der Waals surface area (Å²) in [6, 6.07) is 14.5. The Morgan fingerprint density at radius 2 is 1.69 bits per heavy atom. The summed E-state index contributed by atoms with van der Waals surface area (Å²) >= 11 is 0. The maximum Gasteiger partial charge on any atom is 0.307 e. The van der Waals surface area contributed by atoms with E-state index in [1.165, 1.54) is 7.11 Å². The molecule has 188 valence electrons. The number of esters is 1. The van der Waals surface area contributed by atoms with Gasteiger partial charge in [0, 0.05) is 31.7 Å². The van der Waals surface area contributed by atoms with Crippen LogP contribution in [0.25, 0.3) is 0 Å². The number of amides is 2. The third-order valence-corrected chi connectivity index (χ3v) is 5.87. The topological polar surface area (TPSA) is 85.4 Å². The zero-order valence-corrected chi connectivity index (χ0v) is 20.5. The lowest BCUT2D eigenvalue weighted by molar-refractivity contribution is -0.140. The minimum Gasteiger partial charge on any atom is -0.490 e. The summed E-state index contributed by atoms with van der Waals surface area (Å²) in [6.45, 7) is 4.23. The summed E-state index contributed by atoms with van der Waals surface area (Å²) in [6.07, 6.45) is 3.27. The Labute approximate surface area is 206 Å². The van der Waals surface area contributed by atoms with E-state index in [2.05, 4.69) is 0 Å². The molecule has 0 aromatic heterocycles. The van der Waals surface area contributed by atoms with Crippen LogP contribution in [0.2, 0.25) is 0 Å². The van der Waals surface area contributed by atoms with Crippen LogP contribution in [-0.2, 0) is 20.9 Å². The summed E-state index contributed by atoms with van der Waals surface area (Å²) in [5.41, 5.74) is 1.36. The summed E-state index contributed by atoms with van der Waals surface area (Å²) < 4.78 is 16.3. The Hall–Kier alpha value is -3.55. The lowest BCUT2D eigenvalue weighted by Crippen LogP contribution is -2.38. The largest absolute Gasteiger partial charge is 0.490 e. The number of methoxy groups -OCH3 is 1. The minimum absolute atomic E-state index is 0.0517. The molecule has 8 nitrogen and oxygen atoms in total. The average molecular weight is 483 g/mol. The Morgan fingerprint density at radius 3 is 2.37 bits per heavy atom.